The van der Waals surface area contributed by atoms with Gasteiger partial charge >= 0.3 is 0 Å². The summed E-state index contributed by atoms with van der Waals surface area (Å²) in [5, 5.41) is 10.5. The maximum atomic E-state index is 7.26. The maximum absolute atomic E-state index is 7.26. The number of anilines is 1. The number of nitrogens with zero attached hydrogens (tertiary/aromatic N) is 5. The van der Waals surface area contributed by atoms with Crippen molar-refractivity contribution >= 4 is 17.1 Å². The summed E-state index contributed by atoms with van der Waals surface area (Å²) >= 11 is 0. The molecule has 0 aliphatic carbocycles. The Balaban J connectivity index is 2.24. The molecule has 1 heterocycles. The highest BCUT2D eigenvalue weighted by Crippen LogP contribution is 2.33. The molecule has 1 aromatic carbocycles. The predicted molar refractivity (Wildman–Crippen MR) is 69.7 cm³/mol. The van der Waals surface area contributed by atoms with E-state index >= 15 is 0 Å². The molecule has 1 aromatic rings. The molecule has 0 radical (unpaired) electrons. The van der Waals surface area contributed by atoms with Crippen LogP contribution >= 0.6 is 0 Å². The molecule has 0 atom stereocenters. The predicted octanol–water partition coefficient (Wildman–Crippen LogP) is 2.06. The fourth-order valence-electron chi connectivity index (χ4n) is 2.05. The summed E-state index contributed by atoms with van der Waals surface area (Å²) in [6, 6.07) is 5.47. The summed E-state index contributed by atoms with van der Waals surface area (Å²) in [6.07, 6.45) is 0. The van der Waals surface area contributed by atoms with E-state index in [4.69, 9.17) is 11.4 Å². The molecule has 0 bridgehead atoms. The smallest absolute Gasteiger partial charge is 0.110 e. The Morgan fingerprint density at radius 1 is 1.22 bits per heavy atom. The fourth-order valence-corrected chi connectivity index (χ4v) is 2.05. The lowest BCUT2D eigenvalue weighted by atomic mass is 10.2. The first kappa shape index (κ1) is 12.4. The van der Waals surface area contributed by atoms with Gasteiger partial charge in [-0.2, -0.15) is 5.11 Å². The lowest BCUT2D eigenvalue weighted by Crippen LogP contribution is -2.44. The van der Waals surface area contributed by atoms with E-state index in [1.165, 1.54) is 0 Å². The number of hydrogen-bond acceptors (Lipinski definition) is 6. The van der Waals surface area contributed by atoms with Gasteiger partial charge in [-0.3, -0.25) is 0 Å². The van der Waals surface area contributed by atoms with Crippen molar-refractivity contribution in [3.63, 3.8) is 0 Å². The first-order valence-electron chi connectivity index (χ1n) is 5.80. The minimum atomic E-state index is 0.601. The Morgan fingerprint density at radius 2 is 1.94 bits per heavy atom. The van der Waals surface area contributed by atoms with E-state index in [-0.39, 0.29) is 0 Å². The van der Waals surface area contributed by atoms with Gasteiger partial charge in [-0.15, -0.1) is 5.11 Å². The molecule has 1 aliphatic heterocycles. The van der Waals surface area contributed by atoms with Gasteiger partial charge in [0.2, 0.25) is 0 Å². The summed E-state index contributed by atoms with van der Waals surface area (Å²) in [7, 11) is 2.11. The van der Waals surface area contributed by atoms with Crippen LogP contribution in [-0.4, -0.2) is 38.1 Å². The van der Waals surface area contributed by atoms with E-state index in [1.54, 1.807) is 6.07 Å². The fraction of sp³-hybridized carbons (Fsp3) is 0.455. The Labute approximate surface area is 106 Å². The van der Waals surface area contributed by atoms with Gasteiger partial charge in [0, 0.05) is 26.2 Å². The van der Waals surface area contributed by atoms with Gasteiger partial charge in [-0.1, -0.05) is 5.22 Å². The molecule has 1 fully saturated rings. The summed E-state index contributed by atoms with van der Waals surface area (Å²) in [6.45, 7) is 3.91. The van der Waals surface area contributed by atoms with Crippen molar-refractivity contribution in [1.29, 1.82) is 5.53 Å². The van der Waals surface area contributed by atoms with E-state index in [2.05, 4.69) is 32.3 Å². The molecule has 96 valence electrons. The second-order valence-corrected chi connectivity index (χ2v) is 4.29. The second kappa shape index (κ2) is 5.54. The Hall–Kier alpha value is -2.02. The lowest BCUT2D eigenvalue weighted by Gasteiger charge is -2.34. The molecule has 0 unspecified atom stereocenters. The van der Waals surface area contributed by atoms with Gasteiger partial charge in [-0.05, 0) is 25.2 Å². The summed E-state index contributed by atoms with van der Waals surface area (Å²) < 4.78 is 0. The largest absolute Gasteiger partial charge is 0.367 e. The second-order valence-electron chi connectivity index (χ2n) is 4.29. The lowest BCUT2D eigenvalue weighted by molar-refractivity contribution is 0.313. The van der Waals surface area contributed by atoms with Crippen LogP contribution in [0, 0.1) is 5.53 Å². The number of nitrogens with two attached hydrogens (primary N) is 1. The zero-order valence-corrected chi connectivity index (χ0v) is 10.4. The first-order chi connectivity index (χ1) is 8.74. The van der Waals surface area contributed by atoms with Crippen molar-refractivity contribution in [2.45, 2.75) is 0 Å². The number of piperazine rings is 1. The SMILES string of the molecule is CN1CCN(c2ccc(N=NN)cc2N=N)CC1. The maximum Gasteiger partial charge on any atom is 0.110 e. The van der Waals surface area contributed by atoms with Crippen molar-refractivity contribution < 1.29 is 0 Å². The molecule has 0 amide bonds. The summed E-state index contributed by atoms with van der Waals surface area (Å²) in [5.74, 6) is 5.01. The molecule has 1 saturated heterocycles. The van der Waals surface area contributed by atoms with Crippen molar-refractivity contribution in [3.05, 3.63) is 18.2 Å². The van der Waals surface area contributed by atoms with Crippen molar-refractivity contribution in [2.75, 3.05) is 38.1 Å². The van der Waals surface area contributed by atoms with Crippen LogP contribution in [0.1, 0.15) is 0 Å². The van der Waals surface area contributed by atoms with Crippen molar-refractivity contribution in [3.8, 4) is 0 Å². The number of hydrogen-bond donors (Lipinski definition) is 2. The van der Waals surface area contributed by atoms with Crippen LogP contribution in [0.3, 0.4) is 0 Å². The highest BCUT2D eigenvalue weighted by molar-refractivity contribution is 5.70. The van der Waals surface area contributed by atoms with Crippen LogP contribution in [0.15, 0.2) is 33.7 Å². The van der Waals surface area contributed by atoms with Gasteiger partial charge in [0.15, 0.2) is 0 Å². The highest BCUT2D eigenvalue weighted by Gasteiger charge is 2.17. The van der Waals surface area contributed by atoms with E-state index in [0.29, 0.717) is 11.4 Å². The zero-order chi connectivity index (χ0) is 13.0. The monoisotopic (exact) mass is 247 g/mol. The Morgan fingerprint density at radius 3 is 2.56 bits per heavy atom. The average molecular weight is 247 g/mol. The van der Waals surface area contributed by atoms with E-state index in [0.717, 1.165) is 31.9 Å². The van der Waals surface area contributed by atoms with Crippen molar-refractivity contribution in [2.24, 2.45) is 21.3 Å². The van der Waals surface area contributed by atoms with E-state index in [1.807, 2.05) is 12.1 Å². The normalized spacial score (nSPS) is 17.3. The molecule has 0 aromatic heterocycles. The Kier molecular flexibility index (Phi) is 3.83. The third-order valence-corrected chi connectivity index (χ3v) is 3.10. The van der Waals surface area contributed by atoms with Crippen molar-refractivity contribution in [1.82, 2.24) is 4.90 Å². The highest BCUT2D eigenvalue weighted by atomic mass is 15.3. The van der Waals surface area contributed by atoms with Gasteiger partial charge in [0.05, 0.1) is 11.4 Å². The number of likely N-dealkylation sites (N-methyl/N-ethyl adjacent to an activating group) is 1. The number of rotatable bonds is 3. The average Bonchev–Trinajstić information content (AvgIpc) is 2.40. The molecular formula is C11H17N7. The minimum Gasteiger partial charge on any atom is -0.367 e. The standard InChI is InChI=1S/C11H17N7/c1-17-4-6-18(7-5-17)11-3-2-9(15-16-13)8-10(11)14-12/h2-3,8,12H,4-7H2,1H3,(H2,13,15). The van der Waals surface area contributed by atoms with E-state index < -0.39 is 0 Å². The summed E-state index contributed by atoms with van der Waals surface area (Å²) in [5.41, 5.74) is 9.44. The van der Waals surface area contributed by atoms with Gasteiger partial charge in [-0.25, -0.2) is 5.53 Å². The molecule has 18 heavy (non-hydrogen) atoms. The third kappa shape index (κ3) is 2.62. The molecule has 2 rings (SSSR count). The molecular weight excluding hydrogens is 230 g/mol. The van der Waals surface area contributed by atoms with E-state index in [9.17, 15) is 0 Å². The quantitative estimate of drug-likeness (QED) is 0.486. The van der Waals surface area contributed by atoms with Crippen LogP contribution in [0.25, 0.3) is 0 Å². The first-order valence-corrected chi connectivity index (χ1v) is 5.80. The van der Waals surface area contributed by atoms with Gasteiger partial charge in [0.1, 0.15) is 5.69 Å². The summed E-state index contributed by atoms with van der Waals surface area (Å²) in [4.78, 5) is 4.52. The van der Waals surface area contributed by atoms with Crippen LogP contribution < -0.4 is 10.7 Å². The number of nitrogens with one attached hydrogen (secondary N) is 1. The number of benzene rings is 1. The Bertz CT molecular complexity index is 449. The molecule has 3 N–H and O–H groups in total. The minimum absolute atomic E-state index is 0.601. The zero-order valence-electron chi connectivity index (χ0n) is 10.4. The molecule has 7 heteroatoms. The van der Waals surface area contributed by atoms with Crippen LogP contribution in [0.2, 0.25) is 0 Å². The molecule has 1 aliphatic rings. The van der Waals surface area contributed by atoms with Gasteiger partial charge < -0.3 is 15.6 Å². The topological polar surface area (TPSA) is 93.4 Å². The van der Waals surface area contributed by atoms with Gasteiger partial charge in [0.25, 0.3) is 0 Å². The third-order valence-electron chi connectivity index (χ3n) is 3.10. The molecule has 0 spiro atoms. The van der Waals surface area contributed by atoms with Crippen LogP contribution in [0.5, 0.6) is 0 Å². The van der Waals surface area contributed by atoms with Crippen LogP contribution in [0.4, 0.5) is 17.1 Å². The molecule has 7 nitrogen and oxygen atoms in total. The van der Waals surface area contributed by atoms with Crippen LogP contribution in [-0.2, 0) is 0 Å². The molecule has 0 saturated carbocycles.